The predicted molar refractivity (Wildman–Crippen MR) is 107 cm³/mol. The summed E-state index contributed by atoms with van der Waals surface area (Å²) in [6.07, 6.45) is 1.81. The van der Waals surface area contributed by atoms with Gasteiger partial charge in [-0.2, -0.15) is 0 Å². The third kappa shape index (κ3) is 3.88. The highest BCUT2D eigenvalue weighted by atomic mass is 15.4. The fourth-order valence-corrected chi connectivity index (χ4v) is 3.27. The molecule has 138 valence electrons. The molecule has 0 atom stereocenters. The number of nitrogens with one attached hydrogen (secondary N) is 2. The first-order valence-corrected chi connectivity index (χ1v) is 9.02. The lowest BCUT2D eigenvalue weighted by Gasteiger charge is -2.26. The van der Waals surface area contributed by atoms with Crippen molar-refractivity contribution in [2.75, 3.05) is 18.7 Å². The van der Waals surface area contributed by atoms with E-state index in [0.29, 0.717) is 25.2 Å². The highest BCUT2D eigenvalue weighted by Crippen LogP contribution is 2.22. The van der Waals surface area contributed by atoms with Gasteiger partial charge in [0.05, 0.1) is 30.2 Å². The summed E-state index contributed by atoms with van der Waals surface area (Å²) in [5.74, 6) is 1.26. The first-order chi connectivity index (χ1) is 13.1. The molecule has 0 radical (unpaired) electrons. The Morgan fingerprint density at radius 3 is 2.78 bits per heavy atom. The SMILES string of the molecule is Cc1cc(C)c2nc(NC3=NCN(Cc4ccccn4)CN3)nc(C)c2c1. The van der Waals surface area contributed by atoms with E-state index in [1.165, 1.54) is 5.56 Å². The molecule has 3 aromatic rings. The second-order valence-electron chi connectivity index (χ2n) is 6.87. The predicted octanol–water partition coefficient (Wildman–Crippen LogP) is 2.74. The maximum atomic E-state index is 4.69. The Labute approximate surface area is 158 Å². The number of nitrogens with zero attached hydrogens (tertiary/aromatic N) is 5. The summed E-state index contributed by atoms with van der Waals surface area (Å²) in [6, 6.07) is 10.2. The summed E-state index contributed by atoms with van der Waals surface area (Å²) >= 11 is 0. The lowest BCUT2D eigenvalue weighted by Crippen LogP contribution is -2.45. The summed E-state index contributed by atoms with van der Waals surface area (Å²) < 4.78 is 0. The third-order valence-electron chi connectivity index (χ3n) is 4.57. The number of aryl methyl sites for hydroxylation is 3. The fourth-order valence-electron chi connectivity index (χ4n) is 3.27. The molecule has 0 amide bonds. The van der Waals surface area contributed by atoms with Crippen molar-refractivity contribution in [2.45, 2.75) is 27.3 Å². The van der Waals surface area contributed by atoms with E-state index in [1.807, 2.05) is 31.3 Å². The minimum atomic E-state index is 0.566. The number of guanidine groups is 1. The van der Waals surface area contributed by atoms with E-state index in [2.05, 4.69) is 56.5 Å². The van der Waals surface area contributed by atoms with Crippen LogP contribution in [0.4, 0.5) is 5.95 Å². The topological polar surface area (TPSA) is 78.3 Å². The zero-order valence-corrected chi connectivity index (χ0v) is 15.8. The first-order valence-electron chi connectivity index (χ1n) is 9.02. The van der Waals surface area contributed by atoms with Gasteiger partial charge in [-0.25, -0.2) is 15.0 Å². The summed E-state index contributed by atoms with van der Waals surface area (Å²) in [5.41, 5.74) is 5.34. The van der Waals surface area contributed by atoms with Crippen molar-refractivity contribution in [3.05, 3.63) is 59.0 Å². The molecular formula is C20H23N7. The van der Waals surface area contributed by atoms with E-state index in [9.17, 15) is 0 Å². The Bertz CT molecular complexity index is 998. The van der Waals surface area contributed by atoms with E-state index in [1.54, 1.807) is 0 Å². The maximum absolute atomic E-state index is 4.69. The summed E-state index contributed by atoms with van der Waals surface area (Å²) in [4.78, 5) is 20.4. The number of benzene rings is 1. The van der Waals surface area contributed by atoms with Crippen LogP contribution in [-0.4, -0.2) is 39.1 Å². The molecule has 0 fully saturated rings. The van der Waals surface area contributed by atoms with Crippen LogP contribution < -0.4 is 10.6 Å². The Morgan fingerprint density at radius 2 is 2.04 bits per heavy atom. The van der Waals surface area contributed by atoms with Crippen molar-refractivity contribution < 1.29 is 0 Å². The number of anilines is 1. The van der Waals surface area contributed by atoms with E-state index < -0.39 is 0 Å². The van der Waals surface area contributed by atoms with Gasteiger partial charge in [-0.1, -0.05) is 17.7 Å². The number of pyridine rings is 1. The standard InChI is InChI=1S/C20H23N7/c1-13-8-14(2)18-17(9-13)15(3)24-20(25-18)26-19-22-11-27(12-23-19)10-16-6-4-5-7-21-16/h4-9H,10-12H2,1-3H3,(H2,22,23,24,25,26). The molecule has 4 rings (SSSR count). The first kappa shape index (κ1) is 17.4. The molecule has 0 bridgehead atoms. The van der Waals surface area contributed by atoms with Gasteiger partial charge in [0, 0.05) is 18.1 Å². The average molecular weight is 361 g/mol. The van der Waals surface area contributed by atoms with E-state index in [-0.39, 0.29) is 0 Å². The molecule has 7 nitrogen and oxygen atoms in total. The number of rotatable bonds is 3. The van der Waals surface area contributed by atoms with Gasteiger partial charge in [0.2, 0.25) is 11.9 Å². The molecule has 0 spiro atoms. The van der Waals surface area contributed by atoms with Gasteiger partial charge in [-0.15, -0.1) is 0 Å². The van der Waals surface area contributed by atoms with Crippen molar-refractivity contribution in [1.29, 1.82) is 0 Å². The lowest BCUT2D eigenvalue weighted by molar-refractivity contribution is 0.254. The maximum Gasteiger partial charge on any atom is 0.230 e. The number of hydrogen-bond donors (Lipinski definition) is 2. The van der Waals surface area contributed by atoms with Gasteiger partial charge < -0.3 is 5.32 Å². The molecule has 2 aromatic heterocycles. The van der Waals surface area contributed by atoms with Crippen molar-refractivity contribution in [3.63, 3.8) is 0 Å². The molecular weight excluding hydrogens is 338 g/mol. The minimum absolute atomic E-state index is 0.566. The number of aliphatic imine (C=N–C) groups is 1. The summed E-state index contributed by atoms with van der Waals surface area (Å²) in [6.45, 7) is 8.23. The normalized spacial score (nSPS) is 14.7. The molecule has 0 aliphatic carbocycles. The molecule has 3 heterocycles. The number of aromatic nitrogens is 3. The number of hydrogen-bond acceptors (Lipinski definition) is 7. The van der Waals surface area contributed by atoms with Crippen LogP contribution in [-0.2, 0) is 6.54 Å². The van der Waals surface area contributed by atoms with Crippen LogP contribution in [0.25, 0.3) is 10.9 Å². The van der Waals surface area contributed by atoms with Gasteiger partial charge in [-0.05, 0) is 44.5 Å². The molecule has 1 aromatic carbocycles. The van der Waals surface area contributed by atoms with Gasteiger partial charge in [-0.3, -0.25) is 15.2 Å². The average Bonchev–Trinajstić information content (AvgIpc) is 2.65. The van der Waals surface area contributed by atoms with Crippen molar-refractivity contribution >= 4 is 22.8 Å². The molecule has 7 heteroatoms. The highest BCUT2D eigenvalue weighted by Gasteiger charge is 2.15. The van der Waals surface area contributed by atoms with Crippen LogP contribution in [0.2, 0.25) is 0 Å². The van der Waals surface area contributed by atoms with Gasteiger partial charge >= 0.3 is 0 Å². The largest absolute Gasteiger partial charge is 0.343 e. The van der Waals surface area contributed by atoms with E-state index >= 15 is 0 Å². The number of fused-ring (bicyclic) bond motifs is 1. The third-order valence-corrected chi connectivity index (χ3v) is 4.57. The fraction of sp³-hybridized carbons (Fsp3) is 0.300. The lowest BCUT2D eigenvalue weighted by atomic mass is 10.1. The summed E-state index contributed by atoms with van der Waals surface area (Å²) in [5, 5.41) is 7.60. The molecule has 2 N–H and O–H groups in total. The monoisotopic (exact) mass is 361 g/mol. The van der Waals surface area contributed by atoms with Gasteiger partial charge in [0.25, 0.3) is 0 Å². The van der Waals surface area contributed by atoms with E-state index in [4.69, 9.17) is 4.98 Å². The molecule has 1 aliphatic rings. The van der Waals surface area contributed by atoms with Crippen LogP contribution in [0.3, 0.4) is 0 Å². The van der Waals surface area contributed by atoms with Crippen LogP contribution in [0.15, 0.2) is 41.5 Å². The van der Waals surface area contributed by atoms with Gasteiger partial charge in [0.1, 0.15) is 0 Å². The van der Waals surface area contributed by atoms with Crippen LogP contribution in [0, 0.1) is 20.8 Å². The molecule has 27 heavy (non-hydrogen) atoms. The van der Waals surface area contributed by atoms with Crippen molar-refractivity contribution in [3.8, 4) is 0 Å². The van der Waals surface area contributed by atoms with Crippen LogP contribution >= 0.6 is 0 Å². The molecule has 1 aliphatic heterocycles. The Balaban J connectivity index is 1.48. The second-order valence-corrected chi connectivity index (χ2v) is 6.87. The van der Waals surface area contributed by atoms with Crippen LogP contribution in [0.5, 0.6) is 0 Å². The van der Waals surface area contributed by atoms with Crippen molar-refractivity contribution in [2.24, 2.45) is 4.99 Å². The Morgan fingerprint density at radius 1 is 1.15 bits per heavy atom. The Hall–Kier alpha value is -3.06. The molecule has 0 saturated carbocycles. The zero-order chi connectivity index (χ0) is 18.8. The summed E-state index contributed by atoms with van der Waals surface area (Å²) in [7, 11) is 0. The smallest absolute Gasteiger partial charge is 0.230 e. The Kier molecular flexibility index (Phi) is 4.68. The minimum Gasteiger partial charge on any atom is -0.343 e. The van der Waals surface area contributed by atoms with Crippen molar-refractivity contribution in [1.82, 2.24) is 25.2 Å². The molecule has 0 saturated heterocycles. The van der Waals surface area contributed by atoms with Gasteiger partial charge in [0.15, 0.2) is 0 Å². The second kappa shape index (κ2) is 7.28. The highest BCUT2D eigenvalue weighted by molar-refractivity contribution is 5.94. The zero-order valence-electron chi connectivity index (χ0n) is 15.8. The quantitative estimate of drug-likeness (QED) is 0.747. The van der Waals surface area contributed by atoms with Crippen LogP contribution in [0.1, 0.15) is 22.5 Å². The van der Waals surface area contributed by atoms with E-state index in [0.717, 1.165) is 34.4 Å². The molecule has 0 unspecified atom stereocenters.